The number of aliphatic hydroxyl groups is 1. The predicted molar refractivity (Wildman–Crippen MR) is 74.9 cm³/mol. The molecule has 0 aliphatic carbocycles. The summed E-state index contributed by atoms with van der Waals surface area (Å²) in [5.41, 5.74) is 0. The van der Waals surface area contributed by atoms with Crippen LogP contribution in [0.25, 0.3) is 0 Å². The van der Waals surface area contributed by atoms with Crippen molar-refractivity contribution < 1.29 is 5.11 Å². The molecule has 1 unspecified atom stereocenters. The monoisotopic (exact) mass is 255 g/mol. The van der Waals surface area contributed by atoms with Crippen LogP contribution in [0.3, 0.4) is 0 Å². The molecule has 2 aliphatic heterocycles. The highest BCUT2D eigenvalue weighted by molar-refractivity contribution is 4.80. The van der Waals surface area contributed by atoms with Crippen molar-refractivity contribution in [2.75, 3.05) is 59.5 Å². The normalized spacial score (nSPS) is 28.0. The van der Waals surface area contributed by atoms with Crippen LogP contribution in [-0.2, 0) is 0 Å². The minimum absolute atomic E-state index is 0.350. The van der Waals surface area contributed by atoms with Crippen molar-refractivity contribution in [2.24, 2.45) is 0 Å². The Bertz CT molecular complexity index is 229. The van der Waals surface area contributed by atoms with Crippen molar-refractivity contribution in [3.63, 3.8) is 0 Å². The van der Waals surface area contributed by atoms with Crippen LogP contribution in [0.2, 0.25) is 0 Å². The lowest BCUT2D eigenvalue weighted by atomic mass is 10.1. The van der Waals surface area contributed by atoms with Gasteiger partial charge in [0.15, 0.2) is 0 Å². The quantitative estimate of drug-likeness (QED) is 0.747. The van der Waals surface area contributed by atoms with E-state index in [-0.39, 0.29) is 0 Å². The van der Waals surface area contributed by atoms with Crippen LogP contribution in [0.15, 0.2) is 0 Å². The third kappa shape index (κ3) is 4.19. The Balaban J connectivity index is 1.65. The Morgan fingerprint density at radius 2 is 1.83 bits per heavy atom. The largest absolute Gasteiger partial charge is 0.396 e. The summed E-state index contributed by atoms with van der Waals surface area (Å²) in [4.78, 5) is 7.66. The number of rotatable bonds is 6. The zero-order valence-electron chi connectivity index (χ0n) is 11.9. The molecule has 0 aromatic heterocycles. The summed E-state index contributed by atoms with van der Waals surface area (Å²) < 4.78 is 0. The average Bonchev–Trinajstić information content (AvgIpc) is 2.83. The summed E-state index contributed by atoms with van der Waals surface area (Å²) in [6.45, 7) is 8.95. The van der Waals surface area contributed by atoms with E-state index in [0.717, 1.165) is 12.5 Å². The zero-order chi connectivity index (χ0) is 12.8. The van der Waals surface area contributed by atoms with E-state index >= 15 is 0 Å². The summed E-state index contributed by atoms with van der Waals surface area (Å²) in [6.07, 6.45) is 4.83. The molecule has 0 saturated carbocycles. The number of piperazine rings is 1. The Kier molecular flexibility index (Phi) is 5.89. The highest BCUT2D eigenvalue weighted by atomic mass is 16.2. The van der Waals surface area contributed by atoms with Crippen LogP contribution >= 0.6 is 0 Å². The molecule has 0 radical (unpaired) electrons. The van der Waals surface area contributed by atoms with Gasteiger partial charge in [0.05, 0.1) is 0 Å². The Labute approximate surface area is 112 Å². The van der Waals surface area contributed by atoms with Gasteiger partial charge in [0.1, 0.15) is 0 Å². The molecule has 1 N–H and O–H groups in total. The van der Waals surface area contributed by atoms with Gasteiger partial charge >= 0.3 is 0 Å². The molecule has 4 heteroatoms. The summed E-state index contributed by atoms with van der Waals surface area (Å²) in [7, 11) is 2.21. The summed E-state index contributed by atoms with van der Waals surface area (Å²) in [6, 6.07) is 0.740. The second kappa shape index (κ2) is 7.43. The molecular weight excluding hydrogens is 226 g/mol. The molecule has 106 valence electrons. The molecule has 2 saturated heterocycles. The predicted octanol–water partition coefficient (Wildman–Crippen LogP) is 0.471. The van der Waals surface area contributed by atoms with Gasteiger partial charge in [-0.2, -0.15) is 0 Å². The number of likely N-dealkylation sites (tertiary alicyclic amines) is 1. The minimum atomic E-state index is 0.350. The highest BCUT2D eigenvalue weighted by Gasteiger charge is 2.24. The van der Waals surface area contributed by atoms with Crippen LogP contribution in [0, 0.1) is 0 Å². The smallest absolute Gasteiger partial charge is 0.0431 e. The van der Waals surface area contributed by atoms with Crippen LogP contribution in [0.4, 0.5) is 0 Å². The number of hydrogen-bond donors (Lipinski definition) is 1. The van der Waals surface area contributed by atoms with Crippen LogP contribution < -0.4 is 0 Å². The topological polar surface area (TPSA) is 30.0 Å². The van der Waals surface area contributed by atoms with Gasteiger partial charge < -0.3 is 10.0 Å². The summed E-state index contributed by atoms with van der Waals surface area (Å²) in [5, 5.41) is 8.94. The van der Waals surface area contributed by atoms with E-state index in [9.17, 15) is 0 Å². The Morgan fingerprint density at radius 3 is 2.56 bits per heavy atom. The second-order valence-electron chi connectivity index (χ2n) is 5.84. The summed E-state index contributed by atoms with van der Waals surface area (Å²) in [5.74, 6) is 0. The van der Waals surface area contributed by atoms with Gasteiger partial charge in [-0.25, -0.2) is 0 Å². The third-order valence-electron chi connectivity index (χ3n) is 4.49. The first kappa shape index (κ1) is 14.3. The summed E-state index contributed by atoms with van der Waals surface area (Å²) >= 11 is 0. The van der Waals surface area contributed by atoms with Gasteiger partial charge in [-0.1, -0.05) is 0 Å². The lowest BCUT2D eigenvalue weighted by Crippen LogP contribution is -2.47. The van der Waals surface area contributed by atoms with E-state index in [2.05, 4.69) is 21.7 Å². The van der Waals surface area contributed by atoms with Crippen molar-refractivity contribution in [3.05, 3.63) is 0 Å². The van der Waals surface area contributed by atoms with Gasteiger partial charge in [0, 0.05) is 51.9 Å². The molecule has 4 nitrogen and oxygen atoms in total. The lowest BCUT2D eigenvalue weighted by Gasteiger charge is -2.34. The molecule has 2 heterocycles. The third-order valence-corrected chi connectivity index (χ3v) is 4.49. The van der Waals surface area contributed by atoms with E-state index in [1.54, 1.807) is 0 Å². The maximum Gasteiger partial charge on any atom is 0.0431 e. The van der Waals surface area contributed by atoms with Crippen molar-refractivity contribution in [3.8, 4) is 0 Å². The molecular formula is C14H29N3O. The van der Waals surface area contributed by atoms with E-state index in [1.165, 1.54) is 65.1 Å². The fourth-order valence-electron chi connectivity index (χ4n) is 3.18. The fourth-order valence-corrected chi connectivity index (χ4v) is 3.18. The average molecular weight is 255 g/mol. The van der Waals surface area contributed by atoms with E-state index < -0.39 is 0 Å². The molecule has 0 spiro atoms. The SMILES string of the molecule is CN1CCN(CCN2CCCC2CCCO)CC1. The van der Waals surface area contributed by atoms with Crippen LogP contribution in [0.1, 0.15) is 25.7 Å². The van der Waals surface area contributed by atoms with Gasteiger partial charge in [0.25, 0.3) is 0 Å². The molecule has 1 atom stereocenters. The maximum absolute atomic E-state index is 8.94. The van der Waals surface area contributed by atoms with Gasteiger partial charge in [-0.3, -0.25) is 9.80 Å². The van der Waals surface area contributed by atoms with Crippen LogP contribution in [-0.4, -0.2) is 85.3 Å². The minimum Gasteiger partial charge on any atom is -0.396 e. The second-order valence-corrected chi connectivity index (χ2v) is 5.84. The van der Waals surface area contributed by atoms with Crippen molar-refractivity contribution in [2.45, 2.75) is 31.7 Å². The zero-order valence-corrected chi connectivity index (χ0v) is 11.9. The molecule has 18 heavy (non-hydrogen) atoms. The number of aliphatic hydroxyl groups excluding tert-OH is 1. The molecule has 0 aromatic rings. The first-order valence-corrected chi connectivity index (χ1v) is 7.55. The van der Waals surface area contributed by atoms with Crippen molar-refractivity contribution in [1.29, 1.82) is 0 Å². The van der Waals surface area contributed by atoms with Crippen molar-refractivity contribution >= 4 is 0 Å². The molecule has 0 aromatic carbocycles. The first-order valence-electron chi connectivity index (χ1n) is 7.55. The lowest BCUT2D eigenvalue weighted by molar-refractivity contribution is 0.128. The molecule has 2 fully saturated rings. The standard InChI is InChI=1S/C14H29N3O/c1-15-7-9-16(10-8-15)11-12-17-6-2-4-14(17)5-3-13-18/h14,18H,2-13H2,1H3. The molecule has 2 aliphatic rings. The van der Waals surface area contributed by atoms with Crippen LogP contribution in [0.5, 0.6) is 0 Å². The fraction of sp³-hybridized carbons (Fsp3) is 1.00. The van der Waals surface area contributed by atoms with E-state index in [1.807, 2.05) is 0 Å². The maximum atomic E-state index is 8.94. The van der Waals surface area contributed by atoms with Crippen molar-refractivity contribution in [1.82, 2.24) is 14.7 Å². The van der Waals surface area contributed by atoms with E-state index in [0.29, 0.717) is 6.61 Å². The van der Waals surface area contributed by atoms with Gasteiger partial charge in [-0.15, -0.1) is 0 Å². The number of hydrogen-bond acceptors (Lipinski definition) is 4. The van der Waals surface area contributed by atoms with Gasteiger partial charge in [0.2, 0.25) is 0 Å². The number of likely N-dealkylation sites (N-methyl/N-ethyl adjacent to an activating group) is 1. The highest BCUT2D eigenvalue weighted by Crippen LogP contribution is 2.20. The molecule has 0 amide bonds. The Morgan fingerprint density at radius 1 is 1.06 bits per heavy atom. The first-order chi connectivity index (χ1) is 8.79. The Hall–Kier alpha value is -0.160. The van der Waals surface area contributed by atoms with E-state index in [4.69, 9.17) is 5.11 Å². The molecule has 2 rings (SSSR count). The molecule has 0 bridgehead atoms. The van der Waals surface area contributed by atoms with Gasteiger partial charge in [-0.05, 0) is 39.3 Å². The number of nitrogens with zero attached hydrogens (tertiary/aromatic N) is 3.